The predicted octanol–water partition coefficient (Wildman–Crippen LogP) is 1.51. The number of non-ortho nitro benzene ring substituents is 1. The third-order valence-electron chi connectivity index (χ3n) is 3.70. The highest BCUT2D eigenvalue weighted by molar-refractivity contribution is 6.02. The van der Waals surface area contributed by atoms with Gasteiger partial charge in [-0.3, -0.25) is 14.9 Å². The summed E-state index contributed by atoms with van der Waals surface area (Å²) >= 11 is 0. The molecule has 0 aliphatic carbocycles. The van der Waals surface area contributed by atoms with E-state index in [4.69, 9.17) is 9.47 Å². The largest absolute Gasteiger partial charge is 0.504 e. The fourth-order valence-electron chi connectivity index (χ4n) is 2.40. The second kappa shape index (κ2) is 8.12. The van der Waals surface area contributed by atoms with Crippen LogP contribution in [0.15, 0.2) is 17.7 Å². The first-order valence-electron chi connectivity index (χ1n) is 7.53. The van der Waals surface area contributed by atoms with Gasteiger partial charge in [-0.1, -0.05) is 0 Å². The van der Waals surface area contributed by atoms with Gasteiger partial charge in [-0.05, 0) is 18.9 Å². The zero-order valence-corrected chi connectivity index (χ0v) is 13.5. The van der Waals surface area contributed by atoms with Gasteiger partial charge >= 0.3 is 0 Å². The number of nitro benzene ring substituents is 1. The molecule has 132 valence electrons. The van der Waals surface area contributed by atoms with E-state index in [0.717, 1.165) is 31.1 Å². The van der Waals surface area contributed by atoms with Crippen molar-refractivity contribution in [3.63, 3.8) is 0 Å². The summed E-state index contributed by atoms with van der Waals surface area (Å²) < 4.78 is 10.3. The molecule has 1 aromatic rings. The molecule has 1 aromatic carbocycles. The quantitative estimate of drug-likeness (QED) is 0.344. The summed E-state index contributed by atoms with van der Waals surface area (Å²) in [4.78, 5) is 22.4. The van der Waals surface area contributed by atoms with Crippen LogP contribution in [0.2, 0.25) is 0 Å². The Bertz CT molecular complexity index is 747. The summed E-state index contributed by atoms with van der Waals surface area (Å²) in [5, 5.41) is 32.8. The zero-order valence-electron chi connectivity index (χ0n) is 13.5. The minimum absolute atomic E-state index is 0.0603. The number of rotatable bonds is 6. The number of phenols is 1. The smallest absolute Gasteiger partial charge is 0.274 e. The van der Waals surface area contributed by atoms with Crippen molar-refractivity contribution in [1.29, 1.82) is 5.26 Å². The highest BCUT2D eigenvalue weighted by atomic mass is 16.6. The van der Waals surface area contributed by atoms with Crippen LogP contribution in [0, 0.1) is 21.4 Å². The van der Waals surface area contributed by atoms with Crippen LogP contribution in [0.1, 0.15) is 18.4 Å². The molecule has 0 radical (unpaired) electrons. The van der Waals surface area contributed by atoms with Crippen LogP contribution in [-0.2, 0) is 9.53 Å². The molecule has 9 nitrogen and oxygen atoms in total. The highest BCUT2D eigenvalue weighted by Crippen LogP contribution is 2.35. The van der Waals surface area contributed by atoms with Crippen molar-refractivity contribution in [1.82, 2.24) is 5.32 Å². The lowest BCUT2D eigenvalue weighted by molar-refractivity contribution is -0.385. The van der Waals surface area contributed by atoms with Crippen LogP contribution < -0.4 is 10.1 Å². The molecule has 9 heteroatoms. The van der Waals surface area contributed by atoms with E-state index in [1.54, 1.807) is 6.07 Å². The number of hydrogen-bond acceptors (Lipinski definition) is 7. The Hall–Kier alpha value is -3.12. The van der Waals surface area contributed by atoms with Crippen LogP contribution in [0.3, 0.4) is 0 Å². The first-order chi connectivity index (χ1) is 12.0. The van der Waals surface area contributed by atoms with Crippen LogP contribution >= 0.6 is 0 Å². The van der Waals surface area contributed by atoms with E-state index in [-0.39, 0.29) is 35.2 Å². The van der Waals surface area contributed by atoms with Crippen LogP contribution in [-0.4, -0.2) is 42.3 Å². The van der Waals surface area contributed by atoms with Gasteiger partial charge in [0.2, 0.25) is 0 Å². The van der Waals surface area contributed by atoms with Gasteiger partial charge in [-0.15, -0.1) is 0 Å². The van der Waals surface area contributed by atoms with E-state index in [9.17, 15) is 25.3 Å². The second-order valence-electron chi connectivity index (χ2n) is 5.36. The van der Waals surface area contributed by atoms with Gasteiger partial charge in [0, 0.05) is 24.8 Å². The number of amides is 1. The summed E-state index contributed by atoms with van der Waals surface area (Å²) in [6, 6.07) is 3.84. The highest BCUT2D eigenvalue weighted by Gasteiger charge is 2.20. The monoisotopic (exact) mass is 347 g/mol. The van der Waals surface area contributed by atoms with Crippen LogP contribution in [0.5, 0.6) is 11.5 Å². The number of phenolic OH excluding ortho intramolecular Hbond substituents is 1. The maximum absolute atomic E-state index is 12.1. The lowest BCUT2D eigenvalue weighted by Crippen LogP contribution is -2.32. The SMILES string of the molecule is COc1cc([N+](=O)[O-])cc(/C=C(\C#N)C(=O)NC[C@@H]2CCCO2)c1O. The number of methoxy groups -OCH3 is 1. The standard InChI is InChI=1S/C16H17N3O6/c1-24-14-7-12(19(22)23)6-10(15(14)20)5-11(8-17)16(21)18-9-13-3-2-4-25-13/h5-7,13,20H,2-4,9H2,1H3,(H,18,21)/b11-5+/t13-/m0/s1. The molecule has 0 spiro atoms. The molecular weight excluding hydrogens is 330 g/mol. The number of carbonyl (C=O) groups is 1. The number of hydrogen-bond donors (Lipinski definition) is 2. The minimum atomic E-state index is -0.664. The third-order valence-corrected chi connectivity index (χ3v) is 3.70. The van der Waals surface area contributed by atoms with E-state index in [1.165, 1.54) is 7.11 Å². The molecule has 25 heavy (non-hydrogen) atoms. The van der Waals surface area contributed by atoms with E-state index in [0.29, 0.717) is 6.61 Å². The third kappa shape index (κ3) is 4.45. The molecule has 2 rings (SSSR count). The minimum Gasteiger partial charge on any atom is -0.504 e. The maximum atomic E-state index is 12.1. The number of carbonyl (C=O) groups excluding carboxylic acids is 1. The Morgan fingerprint density at radius 2 is 2.40 bits per heavy atom. The van der Waals surface area contributed by atoms with Crippen molar-refractivity contribution >= 4 is 17.7 Å². The normalized spacial score (nSPS) is 17.0. The summed E-state index contributed by atoms with van der Waals surface area (Å²) in [6.45, 7) is 0.908. The molecule has 1 saturated heterocycles. The average molecular weight is 347 g/mol. The van der Waals surface area contributed by atoms with Gasteiger partial charge in [0.15, 0.2) is 11.5 Å². The molecule has 1 amide bonds. The van der Waals surface area contributed by atoms with Gasteiger partial charge in [-0.2, -0.15) is 5.26 Å². The van der Waals surface area contributed by atoms with Crippen molar-refractivity contribution in [3.8, 4) is 17.6 Å². The van der Waals surface area contributed by atoms with Gasteiger partial charge in [-0.25, -0.2) is 0 Å². The maximum Gasteiger partial charge on any atom is 0.274 e. The number of nitro groups is 1. The molecule has 1 heterocycles. The summed E-state index contributed by atoms with van der Waals surface area (Å²) in [5.74, 6) is -1.17. The van der Waals surface area contributed by atoms with E-state index < -0.39 is 16.6 Å². The molecule has 1 aliphatic rings. The van der Waals surface area contributed by atoms with Gasteiger partial charge in [0.05, 0.1) is 24.2 Å². The summed E-state index contributed by atoms with van der Waals surface area (Å²) in [5.41, 5.74) is -0.691. The van der Waals surface area contributed by atoms with Gasteiger partial charge in [0.25, 0.3) is 11.6 Å². The Labute approximate surface area is 143 Å². The topological polar surface area (TPSA) is 135 Å². The Kier molecular flexibility index (Phi) is 5.92. The summed E-state index contributed by atoms with van der Waals surface area (Å²) in [7, 11) is 1.24. The lowest BCUT2D eigenvalue weighted by Gasteiger charge is -2.10. The Balaban J connectivity index is 2.25. The molecule has 1 atom stereocenters. The summed E-state index contributed by atoms with van der Waals surface area (Å²) in [6.07, 6.45) is 2.74. The molecule has 0 saturated carbocycles. The number of benzene rings is 1. The average Bonchev–Trinajstić information content (AvgIpc) is 3.12. The Morgan fingerprint density at radius 3 is 2.96 bits per heavy atom. The molecule has 0 unspecified atom stereocenters. The van der Waals surface area contributed by atoms with E-state index in [1.807, 2.05) is 0 Å². The van der Waals surface area contributed by atoms with Crippen molar-refractivity contribution in [2.75, 3.05) is 20.3 Å². The first-order valence-corrected chi connectivity index (χ1v) is 7.53. The zero-order chi connectivity index (χ0) is 18.4. The fourth-order valence-corrected chi connectivity index (χ4v) is 2.40. The number of nitrogens with zero attached hydrogens (tertiary/aromatic N) is 2. The van der Waals surface area contributed by atoms with E-state index in [2.05, 4.69) is 5.32 Å². The number of aromatic hydroxyl groups is 1. The molecular formula is C16H17N3O6. The van der Waals surface area contributed by atoms with Gasteiger partial charge < -0.3 is 19.9 Å². The van der Waals surface area contributed by atoms with Crippen molar-refractivity contribution in [3.05, 3.63) is 33.4 Å². The van der Waals surface area contributed by atoms with Crippen LogP contribution in [0.25, 0.3) is 6.08 Å². The second-order valence-corrected chi connectivity index (χ2v) is 5.36. The Morgan fingerprint density at radius 1 is 1.64 bits per heavy atom. The fraction of sp³-hybridized carbons (Fsp3) is 0.375. The van der Waals surface area contributed by atoms with Crippen molar-refractivity contribution < 1.29 is 24.3 Å². The van der Waals surface area contributed by atoms with Crippen molar-refractivity contribution in [2.24, 2.45) is 0 Å². The lowest BCUT2D eigenvalue weighted by atomic mass is 10.1. The first kappa shape index (κ1) is 18.2. The van der Waals surface area contributed by atoms with Crippen LogP contribution in [0.4, 0.5) is 5.69 Å². The molecule has 1 fully saturated rings. The molecule has 0 aromatic heterocycles. The van der Waals surface area contributed by atoms with Crippen molar-refractivity contribution in [2.45, 2.75) is 18.9 Å². The number of ether oxygens (including phenoxy) is 2. The van der Waals surface area contributed by atoms with Gasteiger partial charge in [0.1, 0.15) is 11.6 Å². The van der Waals surface area contributed by atoms with E-state index >= 15 is 0 Å². The molecule has 0 bridgehead atoms. The number of nitrogens with one attached hydrogen (secondary N) is 1. The predicted molar refractivity (Wildman–Crippen MR) is 86.9 cm³/mol. The molecule has 1 aliphatic heterocycles. The number of nitriles is 1. The molecule has 2 N–H and O–H groups in total.